The fraction of sp³-hybridized carbons (Fsp3) is 0.562. The van der Waals surface area contributed by atoms with Crippen LogP contribution < -0.4 is 9.47 Å². The first-order chi connectivity index (χ1) is 10.2. The van der Waals surface area contributed by atoms with Crippen molar-refractivity contribution >= 4 is 15.9 Å². The first-order valence-electron chi connectivity index (χ1n) is 7.46. The third-order valence-corrected chi connectivity index (χ3v) is 4.13. The van der Waals surface area contributed by atoms with Crippen LogP contribution in [0.1, 0.15) is 31.7 Å². The van der Waals surface area contributed by atoms with Gasteiger partial charge in [0.2, 0.25) is 0 Å². The number of benzene rings is 1. The monoisotopic (exact) mass is 352 g/mol. The van der Waals surface area contributed by atoms with Crippen molar-refractivity contribution in [3.63, 3.8) is 0 Å². The van der Waals surface area contributed by atoms with Gasteiger partial charge in [0.1, 0.15) is 6.61 Å². The average molecular weight is 353 g/mol. The summed E-state index contributed by atoms with van der Waals surface area (Å²) in [5.74, 6) is 1.31. The first kappa shape index (κ1) is 16.1. The molecule has 0 unspecified atom stereocenters. The minimum Gasteiger partial charge on any atom is -0.490 e. The molecule has 1 aliphatic rings. The minimum atomic E-state index is 0.545. The van der Waals surface area contributed by atoms with Crippen LogP contribution >= 0.6 is 15.9 Å². The highest BCUT2D eigenvalue weighted by Gasteiger charge is 2.14. The Morgan fingerprint density at radius 1 is 1.24 bits per heavy atom. The number of nitrogens with zero attached hydrogens (tertiary/aromatic N) is 2. The molecule has 0 radical (unpaired) electrons. The van der Waals surface area contributed by atoms with Gasteiger partial charge in [-0.05, 0) is 54.9 Å². The molecule has 2 rings (SSSR count). The van der Waals surface area contributed by atoms with Crippen molar-refractivity contribution in [2.45, 2.75) is 26.2 Å². The Balaban J connectivity index is 1.99. The predicted octanol–water partition coefficient (Wildman–Crippen LogP) is 3.58. The molecule has 1 aliphatic heterocycles. The standard InChI is InChI=1S/C16H21BrN2O2/c1-2-20-15-11-13(12-18)10-14(17)16(15)21-9-8-19-6-4-3-5-7-19/h10-11H,2-9H2,1H3. The Labute approximate surface area is 134 Å². The Morgan fingerprint density at radius 3 is 2.67 bits per heavy atom. The lowest BCUT2D eigenvalue weighted by Crippen LogP contribution is -2.33. The van der Waals surface area contributed by atoms with Crippen LogP contribution in [0.15, 0.2) is 16.6 Å². The average Bonchev–Trinajstić information content (AvgIpc) is 2.51. The largest absolute Gasteiger partial charge is 0.490 e. The van der Waals surface area contributed by atoms with E-state index in [9.17, 15) is 0 Å². The second kappa shape index (κ2) is 8.26. The van der Waals surface area contributed by atoms with Gasteiger partial charge in [0, 0.05) is 12.6 Å². The van der Waals surface area contributed by atoms with Crippen LogP contribution in [0.4, 0.5) is 0 Å². The summed E-state index contributed by atoms with van der Waals surface area (Å²) in [4.78, 5) is 2.43. The molecule has 114 valence electrons. The van der Waals surface area contributed by atoms with Crippen molar-refractivity contribution in [1.29, 1.82) is 5.26 Å². The zero-order valence-corrected chi connectivity index (χ0v) is 14.0. The summed E-state index contributed by atoms with van der Waals surface area (Å²) in [6.45, 7) is 6.35. The minimum absolute atomic E-state index is 0.545. The molecule has 1 heterocycles. The van der Waals surface area contributed by atoms with E-state index < -0.39 is 0 Å². The highest BCUT2D eigenvalue weighted by molar-refractivity contribution is 9.10. The van der Waals surface area contributed by atoms with Crippen molar-refractivity contribution in [2.24, 2.45) is 0 Å². The van der Waals surface area contributed by atoms with Gasteiger partial charge >= 0.3 is 0 Å². The fourth-order valence-electron chi connectivity index (χ4n) is 2.50. The summed E-state index contributed by atoms with van der Waals surface area (Å²) in [7, 11) is 0. The molecule has 0 aliphatic carbocycles. The number of nitriles is 1. The van der Waals surface area contributed by atoms with Crippen LogP contribution in [0, 0.1) is 11.3 Å². The molecular weight excluding hydrogens is 332 g/mol. The summed E-state index contributed by atoms with van der Waals surface area (Å²) in [5.41, 5.74) is 0.564. The maximum absolute atomic E-state index is 9.02. The SMILES string of the molecule is CCOc1cc(C#N)cc(Br)c1OCCN1CCCCC1. The topological polar surface area (TPSA) is 45.5 Å². The van der Waals surface area contributed by atoms with E-state index >= 15 is 0 Å². The van der Waals surface area contributed by atoms with Gasteiger partial charge in [-0.3, -0.25) is 4.90 Å². The van der Waals surface area contributed by atoms with Gasteiger partial charge < -0.3 is 9.47 Å². The van der Waals surface area contributed by atoms with E-state index in [1.807, 2.05) is 6.92 Å². The van der Waals surface area contributed by atoms with Crippen molar-refractivity contribution in [1.82, 2.24) is 4.90 Å². The van der Waals surface area contributed by atoms with Crippen LogP contribution in [-0.2, 0) is 0 Å². The lowest BCUT2D eigenvalue weighted by Gasteiger charge is -2.26. The number of likely N-dealkylation sites (tertiary alicyclic amines) is 1. The maximum atomic E-state index is 9.02. The molecule has 1 aromatic carbocycles. The van der Waals surface area contributed by atoms with Gasteiger partial charge in [-0.2, -0.15) is 5.26 Å². The molecule has 1 fully saturated rings. The number of halogens is 1. The normalized spacial score (nSPS) is 15.5. The lowest BCUT2D eigenvalue weighted by atomic mass is 10.1. The molecule has 0 atom stereocenters. The lowest BCUT2D eigenvalue weighted by molar-refractivity contribution is 0.179. The number of hydrogen-bond donors (Lipinski definition) is 0. The second-order valence-electron chi connectivity index (χ2n) is 5.08. The van der Waals surface area contributed by atoms with Crippen molar-refractivity contribution in [3.8, 4) is 17.6 Å². The Hall–Kier alpha value is -1.25. The van der Waals surface area contributed by atoms with E-state index in [0.717, 1.165) is 24.1 Å². The second-order valence-corrected chi connectivity index (χ2v) is 5.94. The van der Waals surface area contributed by atoms with E-state index in [1.54, 1.807) is 12.1 Å². The van der Waals surface area contributed by atoms with Gasteiger partial charge in [0.15, 0.2) is 11.5 Å². The van der Waals surface area contributed by atoms with E-state index in [0.29, 0.717) is 30.3 Å². The van der Waals surface area contributed by atoms with Gasteiger partial charge in [-0.15, -0.1) is 0 Å². The molecule has 0 saturated carbocycles. The number of hydrogen-bond acceptors (Lipinski definition) is 4. The van der Waals surface area contributed by atoms with Gasteiger partial charge in [-0.25, -0.2) is 0 Å². The van der Waals surface area contributed by atoms with E-state index in [-0.39, 0.29) is 0 Å². The summed E-state index contributed by atoms with van der Waals surface area (Å²) < 4.78 is 12.3. The molecule has 0 spiro atoms. The number of rotatable bonds is 6. The molecule has 4 nitrogen and oxygen atoms in total. The molecule has 0 N–H and O–H groups in total. The quantitative estimate of drug-likeness (QED) is 0.784. The molecule has 1 aromatic rings. The fourth-order valence-corrected chi connectivity index (χ4v) is 3.05. The third-order valence-electron chi connectivity index (χ3n) is 3.54. The molecule has 21 heavy (non-hydrogen) atoms. The summed E-state index contributed by atoms with van der Waals surface area (Å²) in [5, 5.41) is 9.02. The highest BCUT2D eigenvalue weighted by atomic mass is 79.9. The van der Waals surface area contributed by atoms with Crippen LogP contribution in [0.5, 0.6) is 11.5 Å². The van der Waals surface area contributed by atoms with Gasteiger partial charge in [0.05, 0.1) is 22.7 Å². The zero-order chi connectivity index (χ0) is 15.1. The summed E-state index contributed by atoms with van der Waals surface area (Å²) in [6.07, 6.45) is 3.91. The predicted molar refractivity (Wildman–Crippen MR) is 85.8 cm³/mol. The number of piperidine rings is 1. The van der Waals surface area contributed by atoms with Crippen molar-refractivity contribution in [2.75, 3.05) is 32.8 Å². The summed E-state index contributed by atoms with van der Waals surface area (Å²) in [6, 6.07) is 5.62. The maximum Gasteiger partial charge on any atom is 0.175 e. The Kier molecular flexibility index (Phi) is 6.34. The van der Waals surface area contributed by atoms with Gasteiger partial charge in [-0.1, -0.05) is 6.42 Å². The molecular formula is C16H21BrN2O2. The molecule has 0 aromatic heterocycles. The third kappa shape index (κ3) is 4.62. The first-order valence-corrected chi connectivity index (χ1v) is 8.25. The Bertz CT molecular complexity index is 508. The smallest absolute Gasteiger partial charge is 0.175 e. The van der Waals surface area contributed by atoms with E-state index in [4.69, 9.17) is 14.7 Å². The van der Waals surface area contributed by atoms with Crippen molar-refractivity contribution < 1.29 is 9.47 Å². The van der Waals surface area contributed by atoms with E-state index in [1.165, 1.54) is 19.3 Å². The summed E-state index contributed by atoms with van der Waals surface area (Å²) >= 11 is 3.47. The van der Waals surface area contributed by atoms with Gasteiger partial charge in [0.25, 0.3) is 0 Å². The highest BCUT2D eigenvalue weighted by Crippen LogP contribution is 2.36. The van der Waals surface area contributed by atoms with Crippen LogP contribution in [0.25, 0.3) is 0 Å². The van der Waals surface area contributed by atoms with E-state index in [2.05, 4.69) is 26.9 Å². The molecule has 0 amide bonds. The molecule has 0 bridgehead atoms. The van der Waals surface area contributed by atoms with Crippen molar-refractivity contribution in [3.05, 3.63) is 22.2 Å². The van der Waals surface area contributed by atoms with Crippen LogP contribution in [0.2, 0.25) is 0 Å². The number of ether oxygens (including phenoxy) is 2. The van der Waals surface area contributed by atoms with Crippen LogP contribution in [-0.4, -0.2) is 37.7 Å². The molecule has 5 heteroatoms. The Morgan fingerprint density at radius 2 is 2.00 bits per heavy atom. The molecule has 1 saturated heterocycles. The zero-order valence-electron chi connectivity index (χ0n) is 12.4. The van der Waals surface area contributed by atoms with Crippen LogP contribution in [0.3, 0.4) is 0 Å².